The topological polar surface area (TPSA) is 81.3 Å². The van der Waals surface area contributed by atoms with Gasteiger partial charge in [-0.3, -0.25) is 14.9 Å². The van der Waals surface area contributed by atoms with Crippen molar-refractivity contribution in [3.8, 4) is 16.3 Å². The number of hydrogen-bond acceptors (Lipinski definition) is 5. The highest BCUT2D eigenvalue weighted by molar-refractivity contribution is 7.13. The number of benzene rings is 2. The van der Waals surface area contributed by atoms with Crippen molar-refractivity contribution in [3.05, 3.63) is 106 Å². The van der Waals surface area contributed by atoms with Crippen molar-refractivity contribution in [1.29, 1.82) is 0 Å². The third-order valence-corrected chi connectivity index (χ3v) is 5.73. The molecule has 7 nitrogen and oxygen atoms in total. The molecule has 160 valence electrons. The number of thiophene rings is 1. The van der Waals surface area contributed by atoms with Gasteiger partial charge in [0.05, 0.1) is 15.5 Å². The van der Waals surface area contributed by atoms with Crippen LogP contribution in [0.1, 0.15) is 11.1 Å². The minimum Gasteiger partial charge on any atom is -0.338 e. The normalized spacial score (nSPS) is 11.0. The van der Waals surface area contributed by atoms with Gasteiger partial charge >= 0.3 is 0 Å². The molecule has 0 radical (unpaired) electrons. The highest BCUT2D eigenvalue weighted by atomic mass is 32.1. The van der Waals surface area contributed by atoms with Gasteiger partial charge in [-0.1, -0.05) is 36.4 Å². The number of amides is 1. The van der Waals surface area contributed by atoms with Gasteiger partial charge in [0.2, 0.25) is 5.91 Å². The van der Waals surface area contributed by atoms with Crippen LogP contribution < -0.4 is 0 Å². The van der Waals surface area contributed by atoms with E-state index in [0.29, 0.717) is 12.1 Å². The van der Waals surface area contributed by atoms with Crippen LogP contribution in [0, 0.1) is 10.1 Å². The Labute approximate surface area is 189 Å². The Bertz CT molecular complexity index is 1260. The highest BCUT2D eigenvalue weighted by Crippen LogP contribution is 2.28. The van der Waals surface area contributed by atoms with Gasteiger partial charge in [0.15, 0.2) is 0 Å². The van der Waals surface area contributed by atoms with E-state index in [9.17, 15) is 14.9 Å². The number of para-hydroxylation sites is 1. The molecule has 2 aromatic carbocycles. The lowest BCUT2D eigenvalue weighted by atomic mass is 10.2. The zero-order chi connectivity index (χ0) is 22.5. The molecule has 0 aliphatic carbocycles. The van der Waals surface area contributed by atoms with Gasteiger partial charge in [0.25, 0.3) is 5.69 Å². The molecule has 1 amide bonds. The maximum Gasteiger partial charge on any atom is 0.270 e. The quantitative estimate of drug-likeness (QED) is 0.223. The number of carbonyl (C=O) groups is 1. The van der Waals surface area contributed by atoms with Gasteiger partial charge < -0.3 is 4.90 Å². The molecule has 0 spiro atoms. The third-order valence-electron chi connectivity index (χ3n) is 4.85. The largest absolute Gasteiger partial charge is 0.338 e. The van der Waals surface area contributed by atoms with Crippen molar-refractivity contribution < 1.29 is 9.72 Å². The Morgan fingerprint density at radius 3 is 2.69 bits per heavy atom. The van der Waals surface area contributed by atoms with E-state index in [1.165, 1.54) is 18.2 Å². The first kappa shape index (κ1) is 21.2. The number of hydrogen-bond donors (Lipinski definition) is 0. The molecule has 8 heteroatoms. The van der Waals surface area contributed by atoms with E-state index in [4.69, 9.17) is 5.10 Å². The molecule has 0 atom stereocenters. The molecule has 2 heterocycles. The summed E-state index contributed by atoms with van der Waals surface area (Å²) >= 11 is 1.60. The summed E-state index contributed by atoms with van der Waals surface area (Å²) < 4.78 is 1.82. The molecule has 4 rings (SSSR count). The Kier molecular flexibility index (Phi) is 6.23. The molecule has 32 heavy (non-hydrogen) atoms. The maximum atomic E-state index is 12.7. The fourth-order valence-corrected chi connectivity index (χ4v) is 3.97. The van der Waals surface area contributed by atoms with Crippen LogP contribution in [0.3, 0.4) is 0 Å². The van der Waals surface area contributed by atoms with E-state index >= 15 is 0 Å². The SMILES string of the molecule is CN(Cc1cn(-c2ccccc2)nc1-c1cccs1)C(=O)/C=C/c1cccc([N+](=O)[O-])c1. The molecule has 0 aliphatic heterocycles. The third kappa shape index (κ3) is 4.81. The van der Waals surface area contributed by atoms with Gasteiger partial charge in [-0.15, -0.1) is 11.3 Å². The summed E-state index contributed by atoms with van der Waals surface area (Å²) in [6.07, 6.45) is 4.95. The second-order valence-electron chi connectivity index (χ2n) is 7.14. The highest BCUT2D eigenvalue weighted by Gasteiger charge is 2.16. The average molecular weight is 445 g/mol. The second kappa shape index (κ2) is 9.40. The summed E-state index contributed by atoms with van der Waals surface area (Å²) in [6.45, 7) is 0.373. The van der Waals surface area contributed by atoms with E-state index in [1.54, 1.807) is 41.5 Å². The Morgan fingerprint density at radius 2 is 1.97 bits per heavy atom. The predicted molar refractivity (Wildman–Crippen MR) is 125 cm³/mol. The van der Waals surface area contributed by atoms with Crippen molar-refractivity contribution in [1.82, 2.24) is 14.7 Å². The summed E-state index contributed by atoms with van der Waals surface area (Å²) in [5, 5.41) is 17.7. The fraction of sp³-hybridized carbons (Fsp3) is 0.0833. The first-order valence-electron chi connectivity index (χ1n) is 9.87. The van der Waals surface area contributed by atoms with E-state index < -0.39 is 4.92 Å². The first-order valence-corrected chi connectivity index (χ1v) is 10.7. The number of non-ortho nitro benzene ring substituents is 1. The smallest absolute Gasteiger partial charge is 0.270 e. The van der Waals surface area contributed by atoms with Crippen molar-refractivity contribution in [3.63, 3.8) is 0 Å². The fourth-order valence-electron chi connectivity index (χ4n) is 3.23. The van der Waals surface area contributed by atoms with Crippen LogP contribution in [0.5, 0.6) is 0 Å². The zero-order valence-corrected chi connectivity index (χ0v) is 18.1. The van der Waals surface area contributed by atoms with Gasteiger partial charge in [-0.25, -0.2) is 4.68 Å². The number of aromatic nitrogens is 2. The van der Waals surface area contributed by atoms with Crippen LogP contribution in [-0.4, -0.2) is 32.6 Å². The summed E-state index contributed by atoms with van der Waals surface area (Å²) in [6, 6.07) is 20.0. The van der Waals surface area contributed by atoms with Gasteiger partial charge in [-0.2, -0.15) is 5.10 Å². The zero-order valence-electron chi connectivity index (χ0n) is 17.3. The lowest BCUT2D eigenvalue weighted by molar-refractivity contribution is -0.384. The van der Waals surface area contributed by atoms with Crippen molar-refractivity contribution in [2.75, 3.05) is 7.05 Å². The monoisotopic (exact) mass is 444 g/mol. The van der Waals surface area contributed by atoms with Crippen LogP contribution in [0.2, 0.25) is 0 Å². The Morgan fingerprint density at radius 1 is 1.16 bits per heavy atom. The molecule has 0 saturated carbocycles. The van der Waals surface area contributed by atoms with Gasteiger partial charge in [0.1, 0.15) is 5.69 Å². The number of nitrogens with zero attached hydrogens (tertiary/aromatic N) is 4. The maximum absolute atomic E-state index is 12.7. The van der Waals surface area contributed by atoms with E-state index in [0.717, 1.165) is 21.8 Å². The van der Waals surface area contributed by atoms with Gasteiger partial charge in [0, 0.05) is 43.6 Å². The van der Waals surface area contributed by atoms with E-state index in [-0.39, 0.29) is 11.6 Å². The van der Waals surface area contributed by atoms with Crippen molar-refractivity contribution >= 4 is 29.0 Å². The van der Waals surface area contributed by atoms with E-state index in [2.05, 4.69) is 0 Å². The van der Waals surface area contributed by atoms with Crippen LogP contribution in [0.4, 0.5) is 5.69 Å². The molecule has 0 unspecified atom stereocenters. The Hall–Kier alpha value is -4.04. The minimum atomic E-state index is -0.457. The summed E-state index contributed by atoms with van der Waals surface area (Å²) in [7, 11) is 1.72. The van der Waals surface area contributed by atoms with Crippen LogP contribution in [0.25, 0.3) is 22.3 Å². The number of likely N-dealkylation sites (N-methyl/N-ethyl adjacent to an activating group) is 1. The molecular formula is C24H20N4O3S. The lowest BCUT2D eigenvalue weighted by Gasteiger charge is -2.14. The molecular weight excluding hydrogens is 424 g/mol. The van der Waals surface area contributed by atoms with E-state index in [1.807, 2.05) is 58.7 Å². The minimum absolute atomic E-state index is 0.0122. The Balaban J connectivity index is 1.55. The van der Waals surface area contributed by atoms with Crippen molar-refractivity contribution in [2.45, 2.75) is 6.54 Å². The number of carbonyl (C=O) groups excluding carboxylic acids is 1. The first-order chi connectivity index (χ1) is 15.5. The summed E-state index contributed by atoms with van der Waals surface area (Å²) in [4.78, 5) is 25.8. The summed E-state index contributed by atoms with van der Waals surface area (Å²) in [5.41, 5.74) is 3.29. The molecule has 0 N–H and O–H groups in total. The molecule has 4 aromatic rings. The molecule has 2 aromatic heterocycles. The second-order valence-corrected chi connectivity index (χ2v) is 8.09. The molecule has 0 saturated heterocycles. The standard InChI is InChI=1S/C24H20N4O3S/c1-26(23(29)13-12-18-7-5-10-21(15-18)28(30)31)16-19-17-27(20-8-3-2-4-9-20)25-24(19)22-11-6-14-32-22/h2-15,17H,16H2,1H3/b13-12+. The van der Waals surface area contributed by atoms with Gasteiger partial charge in [-0.05, 0) is 35.2 Å². The summed E-state index contributed by atoms with van der Waals surface area (Å²) in [5.74, 6) is -0.207. The number of nitro benzene ring substituents is 1. The van der Waals surface area contributed by atoms with Crippen molar-refractivity contribution in [2.24, 2.45) is 0 Å². The molecule has 0 fully saturated rings. The number of rotatable bonds is 7. The van der Waals surface area contributed by atoms with Crippen LogP contribution in [-0.2, 0) is 11.3 Å². The van der Waals surface area contributed by atoms with Crippen LogP contribution in [0.15, 0.2) is 84.4 Å². The van der Waals surface area contributed by atoms with Crippen LogP contribution >= 0.6 is 11.3 Å². The lowest BCUT2D eigenvalue weighted by Crippen LogP contribution is -2.24. The molecule has 0 aliphatic rings. The number of nitro groups is 1. The predicted octanol–water partition coefficient (Wildman–Crippen LogP) is 5.18. The average Bonchev–Trinajstić information content (AvgIpc) is 3.48. The molecule has 0 bridgehead atoms.